The van der Waals surface area contributed by atoms with E-state index in [0.717, 1.165) is 6.26 Å². The molecule has 1 atom stereocenters. The number of halogens is 2. The molecule has 1 unspecified atom stereocenters. The van der Waals surface area contributed by atoms with E-state index in [9.17, 15) is 12.8 Å². The van der Waals surface area contributed by atoms with Gasteiger partial charge in [-0.25, -0.2) is 4.39 Å². The minimum absolute atomic E-state index is 0.297. The Morgan fingerprint density at radius 1 is 1.53 bits per heavy atom. The molecular weight excluding hydrogens is 243 g/mol. The van der Waals surface area contributed by atoms with Gasteiger partial charge in [-0.1, -0.05) is 23.7 Å². The average molecular weight is 253 g/mol. The van der Waals surface area contributed by atoms with E-state index in [2.05, 4.69) is 4.18 Å². The van der Waals surface area contributed by atoms with Gasteiger partial charge >= 0.3 is 0 Å². The summed E-state index contributed by atoms with van der Waals surface area (Å²) in [5.74, 6) is 0. The van der Waals surface area contributed by atoms with Crippen molar-refractivity contribution >= 4 is 21.7 Å². The van der Waals surface area contributed by atoms with Crippen molar-refractivity contribution in [3.8, 4) is 0 Å². The third kappa shape index (κ3) is 4.59. The van der Waals surface area contributed by atoms with Gasteiger partial charge in [0.15, 0.2) is 0 Å². The summed E-state index contributed by atoms with van der Waals surface area (Å²) >= 11 is 5.65. The van der Waals surface area contributed by atoms with Gasteiger partial charge in [-0.3, -0.25) is 4.18 Å². The van der Waals surface area contributed by atoms with Crippen LogP contribution in [-0.4, -0.2) is 21.3 Å². The molecule has 0 radical (unpaired) electrons. The van der Waals surface area contributed by atoms with Crippen LogP contribution in [0.1, 0.15) is 11.7 Å². The maximum absolute atomic E-state index is 13.4. The first-order valence-corrected chi connectivity index (χ1v) is 6.32. The topological polar surface area (TPSA) is 43.4 Å². The molecule has 1 aromatic rings. The van der Waals surface area contributed by atoms with Crippen LogP contribution < -0.4 is 0 Å². The average Bonchev–Trinajstić information content (AvgIpc) is 2.13. The molecule has 0 amide bonds. The van der Waals surface area contributed by atoms with Crippen molar-refractivity contribution in [2.24, 2.45) is 0 Å². The van der Waals surface area contributed by atoms with Crippen LogP contribution in [0.15, 0.2) is 24.3 Å². The Kier molecular flexibility index (Phi) is 4.07. The van der Waals surface area contributed by atoms with Crippen molar-refractivity contribution in [3.63, 3.8) is 0 Å². The Morgan fingerprint density at radius 3 is 2.73 bits per heavy atom. The highest BCUT2D eigenvalue weighted by molar-refractivity contribution is 7.85. The molecule has 0 aliphatic rings. The third-order valence-electron chi connectivity index (χ3n) is 1.64. The molecule has 3 nitrogen and oxygen atoms in total. The van der Waals surface area contributed by atoms with Crippen LogP contribution >= 0.6 is 11.6 Å². The lowest BCUT2D eigenvalue weighted by Crippen LogP contribution is -2.09. The Morgan fingerprint density at radius 2 is 2.20 bits per heavy atom. The summed E-state index contributed by atoms with van der Waals surface area (Å²) in [5, 5.41) is 0.398. The minimum Gasteiger partial charge on any atom is -0.267 e. The quantitative estimate of drug-likeness (QED) is 0.773. The summed E-state index contributed by atoms with van der Waals surface area (Å²) in [6.07, 6.45) is -0.629. The normalized spacial score (nSPS) is 13.8. The van der Waals surface area contributed by atoms with Gasteiger partial charge in [0, 0.05) is 5.02 Å². The van der Waals surface area contributed by atoms with Crippen molar-refractivity contribution in [1.82, 2.24) is 0 Å². The smallest absolute Gasteiger partial charge is 0.264 e. The summed E-state index contributed by atoms with van der Waals surface area (Å²) in [4.78, 5) is 0. The van der Waals surface area contributed by atoms with E-state index in [-0.39, 0.29) is 0 Å². The first-order valence-electron chi connectivity index (χ1n) is 4.12. The molecule has 0 N–H and O–H groups in total. The van der Waals surface area contributed by atoms with Gasteiger partial charge < -0.3 is 0 Å². The Bertz CT molecular complexity index is 433. The monoisotopic (exact) mass is 252 g/mol. The molecule has 1 rings (SSSR count). The van der Waals surface area contributed by atoms with Crippen LogP contribution in [0.25, 0.3) is 0 Å². The lowest BCUT2D eigenvalue weighted by atomic mass is 10.1. The molecule has 84 valence electrons. The van der Waals surface area contributed by atoms with E-state index in [4.69, 9.17) is 11.6 Å². The van der Waals surface area contributed by atoms with Crippen LogP contribution in [0.3, 0.4) is 0 Å². The maximum Gasteiger partial charge on any atom is 0.264 e. The Hall–Kier alpha value is -0.650. The second kappa shape index (κ2) is 4.92. The zero-order chi connectivity index (χ0) is 11.5. The lowest BCUT2D eigenvalue weighted by Gasteiger charge is -2.08. The molecular formula is C9H10ClFO3S. The predicted octanol–water partition coefficient (Wildman–Crippen LogP) is 2.33. The Balaban J connectivity index is 2.65. The number of rotatable bonds is 4. The molecule has 0 aromatic heterocycles. The fourth-order valence-electron chi connectivity index (χ4n) is 0.981. The number of hydrogen-bond donors (Lipinski definition) is 0. The van der Waals surface area contributed by atoms with Crippen LogP contribution in [0.2, 0.25) is 5.02 Å². The predicted molar refractivity (Wildman–Crippen MR) is 56.1 cm³/mol. The summed E-state index contributed by atoms with van der Waals surface area (Å²) in [6.45, 7) is -0.529. The molecule has 15 heavy (non-hydrogen) atoms. The molecule has 0 fully saturated rings. The van der Waals surface area contributed by atoms with E-state index in [1.54, 1.807) is 12.1 Å². The van der Waals surface area contributed by atoms with Gasteiger partial charge in [-0.15, -0.1) is 0 Å². The fraction of sp³-hybridized carbons (Fsp3) is 0.333. The highest BCUT2D eigenvalue weighted by atomic mass is 35.5. The van der Waals surface area contributed by atoms with Crippen molar-refractivity contribution in [3.05, 3.63) is 34.9 Å². The molecule has 0 spiro atoms. The number of alkyl halides is 1. The fourth-order valence-corrected chi connectivity index (χ4v) is 1.55. The largest absolute Gasteiger partial charge is 0.267 e. The molecule has 0 aliphatic carbocycles. The maximum atomic E-state index is 13.4. The zero-order valence-corrected chi connectivity index (χ0v) is 9.56. The summed E-state index contributed by atoms with van der Waals surface area (Å²) in [6, 6.07) is 6.14. The number of hydrogen-bond acceptors (Lipinski definition) is 3. The van der Waals surface area contributed by atoms with E-state index in [1.165, 1.54) is 12.1 Å². The Labute approximate surface area is 92.9 Å². The first-order chi connectivity index (χ1) is 6.88. The second-order valence-corrected chi connectivity index (χ2v) is 5.09. The summed E-state index contributed by atoms with van der Waals surface area (Å²) in [5.41, 5.74) is 0.297. The van der Waals surface area contributed by atoms with E-state index in [1.807, 2.05) is 0 Å². The van der Waals surface area contributed by atoms with Gasteiger partial charge in [-0.2, -0.15) is 8.42 Å². The molecule has 1 aromatic carbocycles. The summed E-state index contributed by atoms with van der Waals surface area (Å²) < 4.78 is 39.0. The van der Waals surface area contributed by atoms with Crippen LogP contribution in [0, 0.1) is 0 Å². The van der Waals surface area contributed by atoms with Crippen LogP contribution in [-0.2, 0) is 14.3 Å². The van der Waals surface area contributed by atoms with Gasteiger partial charge in [0.2, 0.25) is 0 Å². The van der Waals surface area contributed by atoms with E-state index < -0.39 is 22.9 Å². The van der Waals surface area contributed by atoms with Crippen molar-refractivity contribution in [2.45, 2.75) is 6.17 Å². The highest BCUT2D eigenvalue weighted by Gasteiger charge is 2.13. The molecule has 0 bridgehead atoms. The van der Waals surface area contributed by atoms with Crippen molar-refractivity contribution in [2.75, 3.05) is 12.9 Å². The zero-order valence-electron chi connectivity index (χ0n) is 7.98. The van der Waals surface area contributed by atoms with Crippen LogP contribution in [0.5, 0.6) is 0 Å². The van der Waals surface area contributed by atoms with Gasteiger partial charge in [-0.05, 0) is 17.7 Å². The van der Waals surface area contributed by atoms with E-state index >= 15 is 0 Å². The molecule has 0 heterocycles. The summed E-state index contributed by atoms with van der Waals surface area (Å²) in [7, 11) is -3.61. The molecule has 0 saturated heterocycles. The lowest BCUT2D eigenvalue weighted by molar-refractivity contribution is 0.204. The standard InChI is InChI=1S/C9H10ClFO3S/c1-15(12,13)14-6-9(11)7-3-2-4-8(10)5-7/h2-5,9H,6H2,1H3. The van der Waals surface area contributed by atoms with Gasteiger partial charge in [0.1, 0.15) is 12.8 Å². The molecule has 0 aliphatic heterocycles. The van der Waals surface area contributed by atoms with E-state index in [0.29, 0.717) is 10.6 Å². The molecule has 0 saturated carbocycles. The molecule has 6 heteroatoms. The third-order valence-corrected chi connectivity index (χ3v) is 2.44. The van der Waals surface area contributed by atoms with Gasteiger partial charge in [0.05, 0.1) is 6.26 Å². The minimum atomic E-state index is -3.61. The van der Waals surface area contributed by atoms with Crippen molar-refractivity contribution < 1.29 is 17.0 Å². The highest BCUT2D eigenvalue weighted by Crippen LogP contribution is 2.21. The first kappa shape index (κ1) is 12.4. The second-order valence-electron chi connectivity index (χ2n) is 3.01. The van der Waals surface area contributed by atoms with Crippen LogP contribution in [0.4, 0.5) is 4.39 Å². The van der Waals surface area contributed by atoms with Crippen molar-refractivity contribution in [1.29, 1.82) is 0 Å². The van der Waals surface area contributed by atoms with Gasteiger partial charge in [0.25, 0.3) is 10.1 Å². The SMILES string of the molecule is CS(=O)(=O)OCC(F)c1cccc(Cl)c1. The number of benzene rings is 1.